The van der Waals surface area contributed by atoms with E-state index < -0.39 is 5.82 Å². The summed E-state index contributed by atoms with van der Waals surface area (Å²) >= 11 is 12.1. The molecule has 0 saturated heterocycles. The van der Waals surface area contributed by atoms with Gasteiger partial charge in [-0.25, -0.2) is 4.39 Å². The van der Waals surface area contributed by atoms with Crippen molar-refractivity contribution in [1.82, 2.24) is 14.9 Å². The Kier molecular flexibility index (Phi) is 6.28. The highest BCUT2D eigenvalue weighted by molar-refractivity contribution is 7.80. The number of hydrogen-bond donors (Lipinski definition) is 3. The van der Waals surface area contributed by atoms with Crippen LogP contribution in [0.25, 0.3) is 0 Å². The second-order valence-electron chi connectivity index (χ2n) is 5.38. The summed E-state index contributed by atoms with van der Waals surface area (Å²) in [5.41, 5.74) is 2.45. The van der Waals surface area contributed by atoms with Gasteiger partial charge in [0.15, 0.2) is 10.8 Å². The first-order valence-electron chi connectivity index (χ1n) is 7.68. The van der Waals surface area contributed by atoms with E-state index in [9.17, 15) is 9.18 Å². The first kappa shape index (κ1) is 19.2. The Balaban J connectivity index is 1.50. The maximum Gasteiger partial charge on any atom is 0.277 e. The van der Waals surface area contributed by atoms with E-state index in [0.29, 0.717) is 17.3 Å². The summed E-state index contributed by atoms with van der Waals surface area (Å²) in [5.74, 6) is -0.779. The van der Waals surface area contributed by atoms with E-state index in [-0.39, 0.29) is 16.6 Å². The molecule has 27 heavy (non-hydrogen) atoms. The van der Waals surface area contributed by atoms with Gasteiger partial charge >= 0.3 is 0 Å². The van der Waals surface area contributed by atoms with Gasteiger partial charge in [0.05, 0.1) is 5.02 Å². The van der Waals surface area contributed by atoms with E-state index in [1.807, 2.05) is 0 Å². The fraction of sp³-hybridized carbons (Fsp3) is 0.0588. The van der Waals surface area contributed by atoms with Crippen molar-refractivity contribution in [3.63, 3.8) is 0 Å². The number of halogens is 2. The summed E-state index contributed by atoms with van der Waals surface area (Å²) in [6, 6.07) is 11.5. The number of rotatable bonds is 5. The highest BCUT2D eigenvalue weighted by atomic mass is 35.5. The second-order valence-corrected chi connectivity index (χ2v) is 6.80. The van der Waals surface area contributed by atoms with Crippen LogP contribution in [-0.4, -0.2) is 20.6 Å². The molecular weight excluding hydrogens is 409 g/mol. The molecule has 1 heterocycles. The predicted molar refractivity (Wildman–Crippen MR) is 109 cm³/mol. The van der Waals surface area contributed by atoms with Gasteiger partial charge < -0.3 is 16.0 Å². The lowest BCUT2D eigenvalue weighted by Crippen LogP contribution is -2.27. The third-order valence-corrected chi connectivity index (χ3v) is 4.47. The zero-order chi connectivity index (χ0) is 19.2. The molecule has 0 bridgehead atoms. The number of nitrogens with zero attached hydrogens (tertiary/aromatic N) is 2. The van der Waals surface area contributed by atoms with Crippen LogP contribution in [0, 0.1) is 5.82 Å². The van der Waals surface area contributed by atoms with E-state index >= 15 is 0 Å². The molecule has 10 heteroatoms. The minimum atomic E-state index is -0.459. The van der Waals surface area contributed by atoms with E-state index in [4.69, 9.17) is 23.8 Å². The van der Waals surface area contributed by atoms with Crippen LogP contribution in [0.3, 0.4) is 0 Å². The molecule has 1 amide bonds. The van der Waals surface area contributed by atoms with E-state index in [1.54, 1.807) is 41.8 Å². The summed E-state index contributed by atoms with van der Waals surface area (Å²) in [5, 5.41) is 14.5. The lowest BCUT2D eigenvalue weighted by atomic mass is 10.2. The smallest absolute Gasteiger partial charge is 0.277 e. The molecule has 0 aliphatic rings. The maximum atomic E-state index is 13.2. The van der Waals surface area contributed by atoms with Crippen molar-refractivity contribution in [3.05, 3.63) is 69.9 Å². The second kappa shape index (κ2) is 8.85. The van der Waals surface area contributed by atoms with Gasteiger partial charge in [0.2, 0.25) is 0 Å². The summed E-state index contributed by atoms with van der Waals surface area (Å²) in [7, 11) is 0. The van der Waals surface area contributed by atoms with Crippen molar-refractivity contribution in [2.45, 2.75) is 6.54 Å². The summed E-state index contributed by atoms with van der Waals surface area (Å²) in [6.45, 7) is 0.404. The molecule has 2 aromatic carbocycles. The lowest BCUT2D eigenvalue weighted by molar-refractivity contribution is 0.102. The molecule has 0 aliphatic carbocycles. The van der Waals surface area contributed by atoms with Crippen LogP contribution in [0.4, 0.5) is 15.8 Å². The first-order valence-corrected chi connectivity index (χ1v) is 9.31. The van der Waals surface area contributed by atoms with Crippen molar-refractivity contribution in [2.75, 3.05) is 10.6 Å². The average molecular weight is 422 g/mol. The number of benzene rings is 2. The van der Waals surface area contributed by atoms with Gasteiger partial charge in [-0.3, -0.25) is 4.79 Å². The zero-order valence-corrected chi connectivity index (χ0v) is 16.1. The number of amides is 1. The van der Waals surface area contributed by atoms with Gasteiger partial charge in [0.1, 0.15) is 5.82 Å². The number of hydrogen-bond acceptors (Lipinski definition) is 5. The normalized spacial score (nSPS) is 10.3. The number of carbonyl (C=O) groups excluding carboxylic acids is 1. The van der Waals surface area contributed by atoms with Gasteiger partial charge in [-0.2, -0.15) is 0 Å². The Hall–Kier alpha value is -2.62. The van der Waals surface area contributed by atoms with Gasteiger partial charge in [-0.15, -0.1) is 5.10 Å². The molecule has 3 aromatic rings. The topological polar surface area (TPSA) is 78.9 Å². The molecule has 0 fully saturated rings. The number of anilines is 2. The van der Waals surface area contributed by atoms with Crippen molar-refractivity contribution < 1.29 is 9.18 Å². The monoisotopic (exact) mass is 421 g/mol. The first-order chi connectivity index (χ1) is 13.0. The SMILES string of the molecule is O=C(Nc1ccc(NC(=S)NCc2ccc(F)c(Cl)c2)cc1)c1csnn1. The zero-order valence-electron chi connectivity index (χ0n) is 13.7. The van der Waals surface area contributed by atoms with Crippen molar-refractivity contribution >= 4 is 57.7 Å². The fourth-order valence-corrected chi connectivity index (χ4v) is 2.93. The number of nitrogens with one attached hydrogen (secondary N) is 3. The van der Waals surface area contributed by atoms with Crippen molar-refractivity contribution in [3.8, 4) is 0 Å². The lowest BCUT2D eigenvalue weighted by Gasteiger charge is -2.11. The van der Waals surface area contributed by atoms with E-state index in [2.05, 4.69) is 25.5 Å². The van der Waals surface area contributed by atoms with Crippen molar-refractivity contribution in [1.29, 1.82) is 0 Å². The van der Waals surface area contributed by atoms with Gasteiger partial charge in [0.25, 0.3) is 5.91 Å². The molecule has 138 valence electrons. The molecule has 3 rings (SSSR count). The number of aromatic nitrogens is 2. The Morgan fingerprint density at radius 1 is 1.15 bits per heavy atom. The quantitative estimate of drug-likeness (QED) is 0.539. The summed E-state index contributed by atoms with van der Waals surface area (Å²) < 4.78 is 16.8. The molecule has 0 atom stereocenters. The average Bonchev–Trinajstić information content (AvgIpc) is 3.19. The van der Waals surface area contributed by atoms with Crippen LogP contribution >= 0.6 is 35.4 Å². The Morgan fingerprint density at radius 3 is 2.48 bits per heavy atom. The molecule has 1 aromatic heterocycles. The van der Waals surface area contributed by atoms with Crippen LogP contribution < -0.4 is 16.0 Å². The van der Waals surface area contributed by atoms with Crippen LogP contribution in [0.1, 0.15) is 16.1 Å². The highest BCUT2D eigenvalue weighted by Gasteiger charge is 2.09. The minimum absolute atomic E-state index is 0.0687. The van der Waals surface area contributed by atoms with Gasteiger partial charge in [0, 0.05) is 23.3 Å². The van der Waals surface area contributed by atoms with Crippen LogP contribution in [0.5, 0.6) is 0 Å². The number of carbonyl (C=O) groups is 1. The molecule has 0 spiro atoms. The number of thiocarbonyl (C=S) groups is 1. The maximum absolute atomic E-state index is 13.2. The van der Waals surface area contributed by atoms with E-state index in [0.717, 1.165) is 22.8 Å². The summed E-state index contributed by atoms with van der Waals surface area (Å²) in [4.78, 5) is 11.9. The molecule has 6 nitrogen and oxygen atoms in total. The van der Waals surface area contributed by atoms with Crippen LogP contribution in [-0.2, 0) is 6.54 Å². The van der Waals surface area contributed by atoms with Gasteiger partial charge in [-0.1, -0.05) is 22.2 Å². The Labute approximate surface area is 168 Å². The molecule has 0 saturated carbocycles. The Bertz CT molecular complexity index is 950. The predicted octanol–water partition coefficient (Wildman–Crippen LogP) is 4.07. The minimum Gasteiger partial charge on any atom is -0.358 e. The van der Waals surface area contributed by atoms with Crippen molar-refractivity contribution in [2.24, 2.45) is 0 Å². The van der Waals surface area contributed by atoms with E-state index in [1.165, 1.54) is 6.07 Å². The third kappa shape index (κ3) is 5.43. The molecule has 3 N–H and O–H groups in total. The largest absolute Gasteiger partial charge is 0.358 e. The summed E-state index contributed by atoms with van der Waals surface area (Å²) in [6.07, 6.45) is 0. The van der Waals surface area contributed by atoms with Crippen LogP contribution in [0.2, 0.25) is 5.02 Å². The third-order valence-electron chi connectivity index (χ3n) is 3.43. The highest BCUT2D eigenvalue weighted by Crippen LogP contribution is 2.16. The van der Waals surface area contributed by atoms with Crippen LogP contribution in [0.15, 0.2) is 47.8 Å². The molecule has 0 unspecified atom stereocenters. The van der Waals surface area contributed by atoms with Gasteiger partial charge in [-0.05, 0) is 65.7 Å². The Morgan fingerprint density at radius 2 is 1.85 bits per heavy atom. The fourth-order valence-electron chi connectivity index (χ4n) is 2.10. The standard InChI is InChI=1S/C17H13ClFN5OS2/c18-13-7-10(1-6-14(13)19)8-20-17(26)22-12-4-2-11(3-5-12)21-16(25)15-9-27-24-23-15/h1-7,9H,8H2,(H,21,25)(H2,20,22,26). The molecular formula is C17H13ClFN5OS2. The molecule has 0 radical (unpaired) electrons. The molecule has 0 aliphatic heterocycles.